The monoisotopic (exact) mass is 315 g/mol. The van der Waals surface area contributed by atoms with Gasteiger partial charge in [-0.1, -0.05) is 37.0 Å². The molecule has 2 atom stereocenters. The van der Waals surface area contributed by atoms with Crippen LogP contribution in [0.15, 0.2) is 12.1 Å². The van der Waals surface area contributed by atoms with Crippen LogP contribution in [0, 0.1) is 11.8 Å². The highest BCUT2D eigenvalue weighted by molar-refractivity contribution is 6.43. The van der Waals surface area contributed by atoms with Gasteiger partial charge in [0.05, 0.1) is 21.3 Å². The molecule has 0 bridgehead atoms. The Balaban J connectivity index is 2.08. The lowest BCUT2D eigenvalue weighted by Gasteiger charge is -2.31. The lowest BCUT2D eigenvalue weighted by atomic mass is 9.82. The molecule has 0 aromatic heterocycles. The van der Waals surface area contributed by atoms with Crippen molar-refractivity contribution in [3.63, 3.8) is 0 Å². The molecular weight excluding hydrogens is 297 g/mol. The van der Waals surface area contributed by atoms with Gasteiger partial charge in [-0.2, -0.15) is 0 Å². The van der Waals surface area contributed by atoms with Crippen molar-refractivity contribution >= 4 is 34.9 Å². The van der Waals surface area contributed by atoms with E-state index in [4.69, 9.17) is 33.7 Å². The Morgan fingerprint density at radius 2 is 1.80 bits per heavy atom. The van der Waals surface area contributed by atoms with Crippen LogP contribution in [0.2, 0.25) is 10.0 Å². The first-order chi connectivity index (χ1) is 9.36. The molecule has 5 heteroatoms. The summed E-state index contributed by atoms with van der Waals surface area (Å²) in [6.45, 7) is 4.38. The van der Waals surface area contributed by atoms with E-state index < -0.39 is 0 Å². The summed E-state index contributed by atoms with van der Waals surface area (Å²) in [5.41, 5.74) is 6.35. The van der Waals surface area contributed by atoms with E-state index in [-0.39, 0.29) is 27.8 Å². The molecule has 1 aliphatic rings. The largest absolute Gasteiger partial charge is 0.459 e. The van der Waals surface area contributed by atoms with Crippen molar-refractivity contribution in [3.8, 4) is 0 Å². The van der Waals surface area contributed by atoms with E-state index in [0.717, 1.165) is 12.8 Å². The number of anilines is 1. The molecule has 0 radical (unpaired) electrons. The molecule has 0 amide bonds. The van der Waals surface area contributed by atoms with Crippen LogP contribution < -0.4 is 5.73 Å². The zero-order chi connectivity index (χ0) is 14.9. The highest BCUT2D eigenvalue weighted by atomic mass is 35.5. The fourth-order valence-corrected chi connectivity index (χ4v) is 3.25. The molecule has 20 heavy (non-hydrogen) atoms. The van der Waals surface area contributed by atoms with Crippen molar-refractivity contribution in [2.24, 2.45) is 11.8 Å². The van der Waals surface area contributed by atoms with E-state index in [1.807, 2.05) is 0 Å². The van der Waals surface area contributed by atoms with E-state index in [1.54, 1.807) is 0 Å². The van der Waals surface area contributed by atoms with Crippen molar-refractivity contribution in [2.45, 2.75) is 39.2 Å². The summed E-state index contributed by atoms with van der Waals surface area (Å²) >= 11 is 11.8. The minimum absolute atomic E-state index is 0.0306. The maximum atomic E-state index is 12.2. The third kappa shape index (κ3) is 3.58. The van der Waals surface area contributed by atoms with Crippen LogP contribution in [0.1, 0.15) is 43.5 Å². The number of nitrogen functional groups attached to an aromatic ring is 1. The molecular formula is C15H19Cl2NO2. The third-order valence-electron chi connectivity index (χ3n) is 3.70. The first-order valence-electron chi connectivity index (χ1n) is 6.82. The first kappa shape index (κ1) is 15.5. The molecule has 0 saturated heterocycles. The number of hydrogen-bond acceptors (Lipinski definition) is 3. The molecule has 110 valence electrons. The second-order valence-corrected chi connectivity index (χ2v) is 6.59. The number of ether oxygens (including phenoxy) is 1. The number of esters is 1. The van der Waals surface area contributed by atoms with Crippen LogP contribution >= 0.6 is 23.2 Å². The summed E-state index contributed by atoms with van der Waals surface area (Å²) in [5, 5.41) is 0.534. The zero-order valence-corrected chi connectivity index (χ0v) is 13.2. The second-order valence-electron chi connectivity index (χ2n) is 5.81. The van der Waals surface area contributed by atoms with Crippen LogP contribution in [-0.4, -0.2) is 12.1 Å². The summed E-state index contributed by atoms with van der Waals surface area (Å²) in [4.78, 5) is 12.2. The van der Waals surface area contributed by atoms with Crippen LogP contribution in [0.25, 0.3) is 0 Å². The van der Waals surface area contributed by atoms with Gasteiger partial charge >= 0.3 is 5.97 Å². The minimum Gasteiger partial charge on any atom is -0.459 e. The SMILES string of the molecule is CC1CC(C)CC(OC(=O)c2cc(N)c(Cl)c(Cl)c2)C1. The predicted molar refractivity (Wildman–Crippen MR) is 82.3 cm³/mol. The molecule has 0 spiro atoms. The van der Waals surface area contributed by atoms with Crippen LogP contribution in [-0.2, 0) is 4.74 Å². The van der Waals surface area contributed by atoms with Crippen LogP contribution in [0.4, 0.5) is 5.69 Å². The van der Waals surface area contributed by atoms with Crippen molar-refractivity contribution < 1.29 is 9.53 Å². The normalized spacial score (nSPS) is 26.3. The quantitative estimate of drug-likeness (QED) is 0.643. The molecule has 2 rings (SSSR count). The number of hydrogen-bond donors (Lipinski definition) is 1. The number of carbonyl (C=O) groups excluding carboxylic acids is 1. The molecule has 1 aliphatic carbocycles. The lowest BCUT2D eigenvalue weighted by molar-refractivity contribution is 0.00806. The summed E-state index contributed by atoms with van der Waals surface area (Å²) in [5.74, 6) is 0.771. The van der Waals surface area contributed by atoms with Gasteiger partial charge in [0, 0.05) is 0 Å². The van der Waals surface area contributed by atoms with E-state index in [9.17, 15) is 4.79 Å². The topological polar surface area (TPSA) is 52.3 Å². The number of nitrogens with two attached hydrogens (primary N) is 1. The fraction of sp³-hybridized carbons (Fsp3) is 0.533. The fourth-order valence-electron chi connectivity index (χ4n) is 2.92. The summed E-state index contributed by atoms with van der Waals surface area (Å²) in [6, 6.07) is 3.00. The average molecular weight is 316 g/mol. The van der Waals surface area contributed by atoms with Crippen molar-refractivity contribution in [1.82, 2.24) is 0 Å². The van der Waals surface area contributed by atoms with Crippen LogP contribution in [0.5, 0.6) is 0 Å². The summed E-state index contributed by atoms with van der Waals surface area (Å²) in [7, 11) is 0. The van der Waals surface area contributed by atoms with Gasteiger partial charge in [0.1, 0.15) is 6.10 Å². The van der Waals surface area contributed by atoms with Gasteiger partial charge in [-0.3, -0.25) is 0 Å². The molecule has 3 nitrogen and oxygen atoms in total. The molecule has 2 unspecified atom stereocenters. The minimum atomic E-state index is -0.387. The van der Waals surface area contributed by atoms with Gasteiger partial charge in [-0.25, -0.2) is 4.79 Å². The Kier molecular flexibility index (Phi) is 4.82. The summed E-state index contributed by atoms with van der Waals surface area (Å²) in [6.07, 6.45) is 2.98. The van der Waals surface area contributed by atoms with E-state index in [0.29, 0.717) is 17.4 Å². The zero-order valence-electron chi connectivity index (χ0n) is 11.7. The predicted octanol–water partition coefficient (Wildman–Crippen LogP) is 4.56. The molecule has 2 N–H and O–H groups in total. The van der Waals surface area contributed by atoms with Gasteiger partial charge in [-0.15, -0.1) is 0 Å². The standard InChI is InChI=1S/C15H19Cl2NO2/c1-8-3-9(2)5-11(4-8)20-15(19)10-6-12(16)14(17)13(18)7-10/h6-9,11H,3-5,18H2,1-2H3. The Labute approximate surface area is 129 Å². The van der Waals surface area contributed by atoms with Gasteiger partial charge in [0.25, 0.3) is 0 Å². The van der Waals surface area contributed by atoms with Gasteiger partial charge < -0.3 is 10.5 Å². The number of carbonyl (C=O) groups is 1. The average Bonchev–Trinajstić information content (AvgIpc) is 2.33. The molecule has 0 aliphatic heterocycles. The van der Waals surface area contributed by atoms with Gasteiger partial charge in [0.2, 0.25) is 0 Å². The maximum absolute atomic E-state index is 12.2. The molecule has 0 heterocycles. The number of halogens is 2. The van der Waals surface area contributed by atoms with E-state index >= 15 is 0 Å². The molecule has 1 aromatic carbocycles. The van der Waals surface area contributed by atoms with Crippen molar-refractivity contribution in [1.29, 1.82) is 0 Å². The first-order valence-corrected chi connectivity index (χ1v) is 7.58. The van der Waals surface area contributed by atoms with E-state index in [1.165, 1.54) is 18.6 Å². The second kappa shape index (κ2) is 6.23. The van der Waals surface area contributed by atoms with E-state index in [2.05, 4.69) is 13.8 Å². The Hall–Kier alpha value is -0.930. The number of benzene rings is 1. The maximum Gasteiger partial charge on any atom is 0.338 e. The molecule has 1 saturated carbocycles. The highest BCUT2D eigenvalue weighted by Crippen LogP contribution is 2.32. The Morgan fingerprint density at radius 3 is 2.35 bits per heavy atom. The van der Waals surface area contributed by atoms with Crippen molar-refractivity contribution in [3.05, 3.63) is 27.7 Å². The smallest absolute Gasteiger partial charge is 0.338 e. The highest BCUT2D eigenvalue weighted by Gasteiger charge is 2.27. The molecule has 1 aromatic rings. The molecule has 1 fully saturated rings. The Bertz CT molecular complexity index is 486. The summed E-state index contributed by atoms with van der Waals surface area (Å²) < 4.78 is 5.57. The van der Waals surface area contributed by atoms with Gasteiger partial charge in [-0.05, 0) is 43.2 Å². The lowest BCUT2D eigenvalue weighted by Crippen LogP contribution is -2.28. The van der Waals surface area contributed by atoms with Crippen molar-refractivity contribution in [2.75, 3.05) is 5.73 Å². The van der Waals surface area contributed by atoms with Gasteiger partial charge in [0.15, 0.2) is 0 Å². The Morgan fingerprint density at radius 1 is 1.20 bits per heavy atom. The third-order valence-corrected chi connectivity index (χ3v) is 4.52. The van der Waals surface area contributed by atoms with Crippen LogP contribution in [0.3, 0.4) is 0 Å². The number of rotatable bonds is 2.